The molecule has 2 heteroatoms. The van der Waals surface area contributed by atoms with Crippen LogP contribution in [-0.2, 0) is 11.8 Å². The van der Waals surface area contributed by atoms with Gasteiger partial charge in [0.25, 0.3) is 0 Å². The highest BCUT2D eigenvalue weighted by molar-refractivity contribution is 8.02. The number of benzene rings is 4. The molecule has 43 heavy (non-hydrogen) atoms. The van der Waals surface area contributed by atoms with E-state index in [-0.39, 0.29) is 0 Å². The number of ether oxygens (including phenoxy) is 1. The molecule has 0 aromatic heterocycles. The zero-order chi connectivity index (χ0) is 30.9. The molecule has 0 N–H and O–H groups in total. The first-order valence-corrected chi connectivity index (χ1v) is 16.7. The van der Waals surface area contributed by atoms with Crippen molar-refractivity contribution in [3.05, 3.63) is 113 Å². The van der Waals surface area contributed by atoms with Crippen molar-refractivity contribution >= 4 is 11.8 Å². The van der Waals surface area contributed by atoms with Gasteiger partial charge in [-0.15, -0.1) is 0 Å². The molecule has 0 amide bonds. The smallest absolute Gasteiger partial charge is 0.123 e. The van der Waals surface area contributed by atoms with Crippen molar-refractivity contribution in [2.45, 2.75) is 99.8 Å². The number of hydrogen-bond donors (Lipinski definition) is 0. The Labute approximate surface area is 262 Å². The predicted molar refractivity (Wildman–Crippen MR) is 185 cm³/mol. The van der Waals surface area contributed by atoms with Crippen LogP contribution in [0.25, 0.3) is 22.3 Å². The molecule has 0 atom stereocenters. The van der Waals surface area contributed by atoms with Gasteiger partial charge in [-0.2, -0.15) is 0 Å². The molecule has 220 valence electrons. The van der Waals surface area contributed by atoms with Gasteiger partial charge in [-0.05, 0) is 200 Å². The SMILES string of the molecule is Cc1c(C)c(C)c2c(c1C)-c1c(C)c(C)c(C)c(C)c1C1(C=CSc3c1ccc1c3CCO1)c1c(C)c(C)c(C)c(C)c1-2. The normalized spacial score (nSPS) is 15.4. The van der Waals surface area contributed by atoms with Crippen molar-refractivity contribution in [2.75, 3.05) is 6.61 Å². The van der Waals surface area contributed by atoms with Gasteiger partial charge in [0.15, 0.2) is 0 Å². The zero-order valence-electron chi connectivity index (χ0n) is 28.0. The fourth-order valence-corrected chi connectivity index (χ4v) is 9.83. The molecule has 1 nitrogen and oxygen atoms in total. The lowest BCUT2D eigenvalue weighted by molar-refractivity contribution is 0.356. The van der Waals surface area contributed by atoms with Crippen LogP contribution in [0.4, 0.5) is 0 Å². The molecule has 0 radical (unpaired) electrons. The molecule has 4 aromatic rings. The molecular weight excluding hydrogens is 541 g/mol. The molecular formula is C41H44OS. The second kappa shape index (κ2) is 9.38. The van der Waals surface area contributed by atoms with Crippen LogP contribution in [0, 0.1) is 83.1 Å². The quantitative estimate of drug-likeness (QED) is 0.203. The number of thioether (sulfide) groups is 1. The summed E-state index contributed by atoms with van der Waals surface area (Å²) in [4.78, 5) is 1.40. The summed E-state index contributed by atoms with van der Waals surface area (Å²) >= 11 is 1.89. The Morgan fingerprint density at radius 1 is 0.535 bits per heavy atom. The average Bonchev–Trinajstić information content (AvgIpc) is 3.45. The van der Waals surface area contributed by atoms with E-state index < -0.39 is 5.41 Å². The third kappa shape index (κ3) is 3.37. The van der Waals surface area contributed by atoms with Crippen molar-refractivity contribution in [3.63, 3.8) is 0 Å². The van der Waals surface area contributed by atoms with E-state index in [1.165, 1.54) is 116 Å². The standard InChI is InChI=1S/C41H44OS/c1-19-20(2)26(8)35-34(25(19)7)36-27(9)21(3)23(5)29(11)38(36)41(39-30(12)24(6)22(4)28(10)37(35)39)16-18-43-40-31-15-17-42-33(31)14-13-32(40)41/h13-14,16,18H,15,17H2,1-12H3. The van der Waals surface area contributed by atoms with Crippen LogP contribution in [0.3, 0.4) is 0 Å². The maximum absolute atomic E-state index is 6.13. The Balaban J connectivity index is 1.87. The van der Waals surface area contributed by atoms with Crippen LogP contribution < -0.4 is 4.74 Å². The Morgan fingerprint density at radius 3 is 1.47 bits per heavy atom. The molecule has 0 saturated carbocycles. The maximum atomic E-state index is 6.13. The molecule has 0 unspecified atom stereocenters. The van der Waals surface area contributed by atoms with E-state index in [0.717, 1.165) is 18.8 Å². The Hall–Kier alpha value is -3.23. The fourth-order valence-electron chi connectivity index (χ4n) is 8.72. The Morgan fingerprint density at radius 2 is 0.977 bits per heavy atom. The van der Waals surface area contributed by atoms with Gasteiger partial charge in [0.2, 0.25) is 0 Å². The predicted octanol–water partition coefficient (Wildman–Crippen LogP) is 10.9. The van der Waals surface area contributed by atoms with Crippen LogP contribution in [0.5, 0.6) is 5.75 Å². The first-order chi connectivity index (χ1) is 20.4. The number of fused-ring (bicyclic) bond motifs is 11. The molecule has 1 spiro atoms. The lowest BCUT2D eigenvalue weighted by Crippen LogP contribution is -2.33. The van der Waals surface area contributed by atoms with Gasteiger partial charge in [0.05, 0.1) is 12.0 Å². The lowest BCUT2D eigenvalue weighted by Gasteiger charge is -2.42. The van der Waals surface area contributed by atoms with Gasteiger partial charge >= 0.3 is 0 Å². The molecule has 7 rings (SSSR count). The molecule has 2 heterocycles. The molecule has 2 aliphatic heterocycles. The van der Waals surface area contributed by atoms with E-state index >= 15 is 0 Å². The molecule has 4 aromatic carbocycles. The summed E-state index contributed by atoms with van der Waals surface area (Å²) in [6.07, 6.45) is 3.54. The van der Waals surface area contributed by atoms with Crippen molar-refractivity contribution in [1.82, 2.24) is 0 Å². The summed E-state index contributed by atoms with van der Waals surface area (Å²) in [7, 11) is 0. The lowest BCUT2D eigenvalue weighted by atomic mass is 9.62. The summed E-state index contributed by atoms with van der Waals surface area (Å²) in [6.45, 7) is 29.1. The highest BCUT2D eigenvalue weighted by Gasteiger charge is 2.48. The number of allylic oxidation sites excluding steroid dienone is 1. The number of rotatable bonds is 0. The van der Waals surface area contributed by atoms with Crippen LogP contribution >= 0.6 is 11.8 Å². The summed E-state index contributed by atoms with van der Waals surface area (Å²) in [5.41, 5.74) is 28.1. The van der Waals surface area contributed by atoms with Crippen LogP contribution in [0.15, 0.2) is 28.5 Å². The summed E-state index contributed by atoms with van der Waals surface area (Å²) in [6, 6.07) is 4.67. The monoisotopic (exact) mass is 584 g/mol. The minimum atomic E-state index is -0.427. The van der Waals surface area contributed by atoms with Gasteiger partial charge in [0.1, 0.15) is 5.75 Å². The van der Waals surface area contributed by atoms with Crippen LogP contribution in [0.1, 0.15) is 89.0 Å². The largest absolute Gasteiger partial charge is 0.493 e. The minimum absolute atomic E-state index is 0.427. The van der Waals surface area contributed by atoms with E-state index in [1.807, 2.05) is 11.8 Å². The van der Waals surface area contributed by atoms with Gasteiger partial charge < -0.3 is 4.74 Å². The van der Waals surface area contributed by atoms with Crippen LogP contribution in [-0.4, -0.2) is 6.61 Å². The Bertz CT molecular complexity index is 1880. The molecule has 0 bridgehead atoms. The summed E-state index contributed by atoms with van der Waals surface area (Å²) < 4.78 is 6.13. The van der Waals surface area contributed by atoms with E-state index in [9.17, 15) is 0 Å². The van der Waals surface area contributed by atoms with E-state index in [4.69, 9.17) is 4.74 Å². The topological polar surface area (TPSA) is 9.23 Å². The van der Waals surface area contributed by atoms with Gasteiger partial charge in [-0.1, -0.05) is 23.9 Å². The minimum Gasteiger partial charge on any atom is -0.493 e. The third-order valence-corrected chi connectivity index (χ3v) is 13.1. The van der Waals surface area contributed by atoms with Crippen molar-refractivity contribution in [2.24, 2.45) is 0 Å². The molecule has 1 aliphatic carbocycles. The van der Waals surface area contributed by atoms with Crippen molar-refractivity contribution in [3.8, 4) is 28.0 Å². The van der Waals surface area contributed by atoms with Crippen molar-refractivity contribution in [1.29, 1.82) is 0 Å². The molecule has 0 fully saturated rings. The van der Waals surface area contributed by atoms with E-state index in [0.29, 0.717) is 0 Å². The highest BCUT2D eigenvalue weighted by atomic mass is 32.2. The highest BCUT2D eigenvalue weighted by Crippen LogP contribution is 2.62. The van der Waals surface area contributed by atoms with Gasteiger partial charge in [-0.25, -0.2) is 0 Å². The first kappa shape index (κ1) is 28.5. The van der Waals surface area contributed by atoms with Gasteiger partial charge in [-0.3, -0.25) is 0 Å². The van der Waals surface area contributed by atoms with Crippen molar-refractivity contribution < 1.29 is 4.74 Å². The fraction of sp³-hybridized carbons (Fsp3) is 0.366. The van der Waals surface area contributed by atoms with Gasteiger partial charge in [0, 0.05) is 16.9 Å². The second-order valence-electron chi connectivity index (χ2n) is 13.5. The van der Waals surface area contributed by atoms with E-state index in [2.05, 4.69) is 107 Å². The summed E-state index contributed by atoms with van der Waals surface area (Å²) in [5.74, 6) is 1.06. The molecule has 0 saturated heterocycles. The Kier molecular flexibility index (Phi) is 6.23. The third-order valence-electron chi connectivity index (χ3n) is 12.1. The van der Waals surface area contributed by atoms with Crippen LogP contribution in [0.2, 0.25) is 0 Å². The average molecular weight is 585 g/mol. The zero-order valence-corrected chi connectivity index (χ0v) is 28.9. The van der Waals surface area contributed by atoms with E-state index in [1.54, 1.807) is 0 Å². The number of hydrogen-bond acceptors (Lipinski definition) is 2. The summed E-state index contributed by atoms with van der Waals surface area (Å²) in [5, 5.41) is 2.40. The first-order valence-electron chi connectivity index (χ1n) is 15.8. The second-order valence-corrected chi connectivity index (χ2v) is 14.4. The molecule has 3 aliphatic rings. The maximum Gasteiger partial charge on any atom is 0.123 e.